The number of fused-ring (bicyclic) bond motifs is 1. The maximum atomic E-state index is 4.34. The molecule has 2 heteroatoms. The molecule has 2 heterocycles. The summed E-state index contributed by atoms with van der Waals surface area (Å²) in [5.74, 6) is 1.02. The summed E-state index contributed by atoms with van der Waals surface area (Å²) in [6.07, 6.45) is 4.06. The van der Waals surface area contributed by atoms with Crippen LogP contribution in [0.1, 0.15) is 32.2 Å². The number of aromatic nitrogens is 2. The van der Waals surface area contributed by atoms with Crippen molar-refractivity contribution < 1.29 is 0 Å². The molecule has 2 nitrogen and oxygen atoms in total. The van der Waals surface area contributed by atoms with Crippen molar-refractivity contribution in [3.63, 3.8) is 0 Å². The van der Waals surface area contributed by atoms with Crippen molar-refractivity contribution in [3.8, 4) is 11.1 Å². The zero-order chi connectivity index (χ0) is 14.3. The van der Waals surface area contributed by atoms with Crippen LogP contribution in [0.2, 0.25) is 0 Å². The average Bonchev–Trinajstić information content (AvgIpc) is 2.79. The molecular weight excluding hydrogens is 244 g/mol. The van der Waals surface area contributed by atoms with Crippen molar-refractivity contribution >= 4 is 5.52 Å². The first kappa shape index (κ1) is 12.9. The summed E-state index contributed by atoms with van der Waals surface area (Å²) in [7, 11) is 0. The molecule has 1 aromatic carbocycles. The second-order valence-corrected chi connectivity index (χ2v) is 6.35. The summed E-state index contributed by atoms with van der Waals surface area (Å²) in [5.41, 5.74) is 5.16. The van der Waals surface area contributed by atoms with E-state index < -0.39 is 0 Å². The minimum Gasteiger partial charge on any atom is -0.303 e. The highest BCUT2D eigenvalue weighted by molar-refractivity contribution is 5.66. The smallest absolute Gasteiger partial charge is 0.110 e. The van der Waals surface area contributed by atoms with Crippen molar-refractivity contribution in [1.82, 2.24) is 9.38 Å². The molecule has 0 unspecified atom stereocenters. The third-order valence-corrected chi connectivity index (χ3v) is 3.80. The number of hydrogen-bond donors (Lipinski definition) is 0. The summed E-state index contributed by atoms with van der Waals surface area (Å²) in [6, 6.07) is 13.1. The fourth-order valence-corrected chi connectivity index (χ4v) is 2.45. The summed E-state index contributed by atoms with van der Waals surface area (Å²) < 4.78 is 2.13. The van der Waals surface area contributed by atoms with Crippen LogP contribution in [0.4, 0.5) is 0 Å². The van der Waals surface area contributed by atoms with Crippen molar-refractivity contribution in [2.24, 2.45) is 0 Å². The van der Waals surface area contributed by atoms with E-state index in [9.17, 15) is 0 Å². The van der Waals surface area contributed by atoms with Gasteiger partial charge in [-0.05, 0) is 35.1 Å². The molecule has 3 rings (SSSR count). The number of nitrogens with zero attached hydrogens (tertiary/aromatic N) is 2. The molecule has 0 fully saturated rings. The standard InChI is InChI=1S/C18H20N2/c1-13-19-11-17-10-7-15(12-20(13)17)14-5-8-16(9-6-14)18(2,3)4/h5-12H,1-4H3. The summed E-state index contributed by atoms with van der Waals surface area (Å²) in [4.78, 5) is 4.34. The second kappa shape index (κ2) is 4.48. The SMILES string of the molecule is Cc1ncc2ccc(-c3ccc(C(C)(C)C)cc3)cn12. The van der Waals surface area contributed by atoms with E-state index in [1.165, 1.54) is 16.7 Å². The van der Waals surface area contributed by atoms with Crippen LogP contribution in [0.15, 0.2) is 48.8 Å². The predicted octanol–water partition coefficient (Wildman–Crippen LogP) is 4.61. The third-order valence-electron chi connectivity index (χ3n) is 3.80. The van der Waals surface area contributed by atoms with Crippen molar-refractivity contribution in [1.29, 1.82) is 0 Å². The van der Waals surface area contributed by atoms with Crippen LogP contribution in [-0.4, -0.2) is 9.38 Å². The van der Waals surface area contributed by atoms with Gasteiger partial charge in [-0.25, -0.2) is 4.98 Å². The molecule has 0 aliphatic carbocycles. The van der Waals surface area contributed by atoms with Gasteiger partial charge in [0.15, 0.2) is 0 Å². The van der Waals surface area contributed by atoms with Gasteiger partial charge in [0.25, 0.3) is 0 Å². The second-order valence-electron chi connectivity index (χ2n) is 6.35. The number of aryl methyl sites for hydroxylation is 1. The largest absolute Gasteiger partial charge is 0.303 e. The first-order valence-corrected chi connectivity index (χ1v) is 7.00. The van der Waals surface area contributed by atoms with Gasteiger partial charge in [0.1, 0.15) is 5.82 Å². The molecule has 0 amide bonds. The molecule has 0 aliphatic heterocycles. The van der Waals surface area contributed by atoms with Crippen LogP contribution in [0.25, 0.3) is 16.6 Å². The van der Waals surface area contributed by atoms with Gasteiger partial charge in [-0.2, -0.15) is 0 Å². The Bertz CT molecular complexity index is 743. The monoisotopic (exact) mass is 264 g/mol. The minimum atomic E-state index is 0.198. The van der Waals surface area contributed by atoms with E-state index in [0.29, 0.717) is 0 Å². The minimum absolute atomic E-state index is 0.198. The lowest BCUT2D eigenvalue weighted by atomic mass is 9.86. The maximum Gasteiger partial charge on any atom is 0.110 e. The van der Waals surface area contributed by atoms with E-state index in [1.807, 2.05) is 13.1 Å². The van der Waals surface area contributed by atoms with Crippen LogP contribution in [0, 0.1) is 6.92 Å². The molecule has 0 aliphatic rings. The van der Waals surface area contributed by atoms with E-state index >= 15 is 0 Å². The van der Waals surface area contributed by atoms with Crippen LogP contribution >= 0.6 is 0 Å². The Balaban J connectivity index is 2.04. The van der Waals surface area contributed by atoms with E-state index in [0.717, 1.165) is 11.3 Å². The van der Waals surface area contributed by atoms with Gasteiger partial charge >= 0.3 is 0 Å². The molecule has 0 saturated carbocycles. The summed E-state index contributed by atoms with van der Waals surface area (Å²) >= 11 is 0. The van der Waals surface area contributed by atoms with Crippen LogP contribution in [0.3, 0.4) is 0 Å². The van der Waals surface area contributed by atoms with E-state index in [4.69, 9.17) is 0 Å². The lowest BCUT2D eigenvalue weighted by Crippen LogP contribution is -2.10. The molecule has 20 heavy (non-hydrogen) atoms. The normalized spacial score (nSPS) is 12.0. The van der Waals surface area contributed by atoms with Crippen molar-refractivity contribution in [3.05, 3.63) is 60.2 Å². The first-order valence-electron chi connectivity index (χ1n) is 7.00. The summed E-state index contributed by atoms with van der Waals surface area (Å²) in [5, 5.41) is 0. The lowest BCUT2D eigenvalue weighted by molar-refractivity contribution is 0.590. The van der Waals surface area contributed by atoms with Crippen LogP contribution < -0.4 is 0 Å². The van der Waals surface area contributed by atoms with E-state index in [-0.39, 0.29) is 5.41 Å². The summed E-state index contributed by atoms with van der Waals surface area (Å²) in [6.45, 7) is 8.74. The zero-order valence-electron chi connectivity index (χ0n) is 12.5. The third kappa shape index (κ3) is 2.22. The molecule has 2 aromatic heterocycles. The fraction of sp³-hybridized carbons (Fsp3) is 0.278. The Morgan fingerprint density at radius 1 is 0.900 bits per heavy atom. The average molecular weight is 264 g/mol. The Morgan fingerprint density at radius 3 is 2.20 bits per heavy atom. The molecule has 0 atom stereocenters. The quantitative estimate of drug-likeness (QED) is 0.627. The molecule has 3 aromatic rings. The Hall–Kier alpha value is -2.09. The molecule has 0 N–H and O–H groups in total. The predicted molar refractivity (Wildman–Crippen MR) is 84.1 cm³/mol. The maximum absolute atomic E-state index is 4.34. The zero-order valence-corrected chi connectivity index (χ0v) is 12.5. The Labute approximate surface area is 120 Å². The molecule has 0 saturated heterocycles. The Kier molecular flexibility index (Phi) is 2.89. The van der Waals surface area contributed by atoms with Crippen molar-refractivity contribution in [2.75, 3.05) is 0 Å². The molecule has 0 bridgehead atoms. The van der Waals surface area contributed by atoms with E-state index in [1.54, 1.807) is 0 Å². The number of benzene rings is 1. The molecule has 102 valence electrons. The molecule has 0 spiro atoms. The Morgan fingerprint density at radius 2 is 1.55 bits per heavy atom. The van der Waals surface area contributed by atoms with E-state index in [2.05, 4.69) is 72.8 Å². The lowest BCUT2D eigenvalue weighted by Gasteiger charge is -2.19. The fourth-order valence-electron chi connectivity index (χ4n) is 2.45. The highest BCUT2D eigenvalue weighted by Gasteiger charge is 2.13. The number of rotatable bonds is 1. The van der Waals surface area contributed by atoms with Crippen LogP contribution in [-0.2, 0) is 5.41 Å². The highest BCUT2D eigenvalue weighted by Crippen LogP contribution is 2.26. The molecule has 0 radical (unpaired) electrons. The van der Waals surface area contributed by atoms with Crippen molar-refractivity contribution in [2.45, 2.75) is 33.1 Å². The number of imidazole rings is 1. The topological polar surface area (TPSA) is 17.3 Å². The number of hydrogen-bond acceptors (Lipinski definition) is 1. The van der Waals surface area contributed by atoms with Gasteiger partial charge in [-0.15, -0.1) is 0 Å². The van der Waals surface area contributed by atoms with Gasteiger partial charge < -0.3 is 4.40 Å². The number of pyridine rings is 1. The van der Waals surface area contributed by atoms with Gasteiger partial charge in [0, 0.05) is 6.20 Å². The highest BCUT2D eigenvalue weighted by atomic mass is 15.0. The van der Waals surface area contributed by atoms with Gasteiger partial charge in [0.2, 0.25) is 0 Å². The first-order chi connectivity index (χ1) is 9.45. The molecular formula is C18H20N2. The van der Waals surface area contributed by atoms with Gasteiger partial charge in [-0.1, -0.05) is 51.1 Å². The van der Waals surface area contributed by atoms with Gasteiger partial charge in [-0.3, -0.25) is 0 Å². The van der Waals surface area contributed by atoms with Gasteiger partial charge in [0.05, 0.1) is 11.7 Å². The van der Waals surface area contributed by atoms with Crippen LogP contribution in [0.5, 0.6) is 0 Å².